The topological polar surface area (TPSA) is 75.6 Å². The number of nitrogens with zero attached hydrogens (tertiary/aromatic N) is 4. The summed E-state index contributed by atoms with van der Waals surface area (Å²) in [6, 6.07) is 5.84. The molecule has 2 aromatic rings. The number of aromatic nitrogens is 2. The third-order valence-electron chi connectivity index (χ3n) is 4.06. The lowest BCUT2D eigenvalue weighted by Crippen LogP contribution is -2.35. The van der Waals surface area contributed by atoms with Gasteiger partial charge in [-0.3, -0.25) is 9.59 Å². The number of thiophene rings is 1. The average Bonchev–Trinajstić information content (AvgIpc) is 3.31. The molecule has 0 aromatic carbocycles. The van der Waals surface area contributed by atoms with Gasteiger partial charge in [0, 0.05) is 30.9 Å². The molecule has 1 fully saturated rings. The number of ether oxygens (including phenoxy) is 1. The monoisotopic (exact) mass is 360 g/mol. The Balaban J connectivity index is 1.49. The van der Waals surface area contributed by atoms with E-state index in [1.54, 1.807) is 41.7 Å². The second kappa shape index (κ2) is 8.06. The number of hydrogen-bond donors (Lipinski definition) is 0. The van der Waals surface area contributed by atoms with Crippen LogP contribution in [0.3, 0.4) is 0 Å². The molecule has 0 spiro atoms. The molecule has 1 aliphatic rings. The smallest absolute Gasteiger partial charge is 0.326 e. The average molecular weight is 360 g/mol. The van der Waals surface area contributed by atoms with E-state index in [0.717, 1.165) is 12.8 Å². The Labute approximate surface area is 150 Å². The summed E-state index contributed by atoms with van der Waals surface area (Å²) in [7, 11) is 1.70. The maximum atomic E-state index is 12.4. The van der Waals surface area contributed by atoms with Crippen LogP contribution in [0.25, 0.3) is 0 Å². The molecule has 0 N–H and O–H groups in total. The number of carbonyl (C=O) groups excluding carboxylic acids is 2. The third-order valence-corrected chi connectivity index (χ3v) is 5.03. The molecule has 1 atom stereocenters. The van der Waals surface area contributed by atoms with Crippen molar-refractivity contribution in [2.75, 3.05) is 31.6 Å². The first kappa shape index (κ1) is 17.3. The number of hydrogen-bond acceptors (Lipinski definition) is 7. The van der Waals surface area contributed by atoms with Crippen molar-refractivity contribution in [3.8, 4) is 0 Å². The molecule has 1 unspecified atom stereocenters. The molecule has 8 heteroatoms. The van der Waals surface area contributed by atoms with Crippen molar-refractivity contribution in [3.05, 3.63) is 40.8 Å². The van der Waals surface area contributed by atoms with Gasteiger partial charge in [-0.05, 0) is 30.4 Å². The number of likely N-dealkylation sites (tertiary alicyclic amines) is 1. The van der Waals surface area contributed by atoms with E-state index in [2.05, 4.69) is 9.97 Å². The van der Waals surface area contributed by atoms with Gasteiger partial charge in [0.1, 0.15) is 6.54 Å². The van der Waals surface area contributed by atoms with E-state index < -0.39 is 5.97 Å². The summed E-state index contributed by atoms with van der Waals surface area (Å²) in [4.78, 5) is 37.1. The first-order valence-corrected chi connectivity index (χ1v) is 9.00. The fourth-order valence-corrected chi connectivity index (χ4v) is 3.74. The summed E-state index contributed by atoms with van der Waals surface area (Å²) in [5, 5.41) is 2.01. The van der Waals surface area contributed by atoms with E-state index in [9.17, 15) is 9.59 Å². The highest BCUT2D eigenvalue weighted by Crippen LogP contribution is 2.34. The van der Waals surface area contributed by atoms with Gasteiger partial charge >= 0.3 is 5.97 Å². The van der Waals surface area contributed by atoms with E-state index in [1.807, 2.05) is 22.4 Å². The summed E-state index contributed by atoms with van der Waals surface area (Å²) in [5.41, 5.74) is 0. The quantitative estimate of drug-likeness (QED) is 0.732. The molecule has 0 aliphatic carbocycles. The van der Waals surface area contributed by atoms with Crippen molar-refractivity contribution < 1.29 is 14.3 Å². The minimum absolute atomic E-state index is 0.00829. The van der Waals surface area contributed by atoms with Crippen LogP contribution in [0.15, 0.2) is 36.0 Å². The predicted molar refractivity (Wildman–Crippen MR) is 94.3 cm³/mol. The summed E-state index contributed by atoms with van der Waals surface area (Å²) < 4.78 is 5.15. The van der Waals surface area contributed by atoms with Crippen molar-refractivity contribution in [2.24, 2.45) is 0 Å². The summed E-state index contributed by atoms with van der Waals surface area (Å²) in [6.07, 6.45) is 5.13. The normalized spacial score (nSPS) is 16.7. The second-order valence-corrected chi connectivity index (χ2v) is 6.81. The molecular formula is C17H20N4O3S. The van der Waals surface area contributed by atoms with Crippen LogP contribution in [0.1, 0.15) is 23.8 Å². The van der Waals surface area contributed by atoms with E-state index in [1.165, 1.54) is 4.88 Å². The van der Waals surface area contributed by atoms with Gasteiger partial charge in [-0.2, -0.15) is 0 Å². The number of amides is 1. The highest BCUT2D eigenvalue weighted by atomic mass is 32.1. The zero-order valence-electron chi connectivity index (χ0n) is 14.0. The van der Waals surface area contributed by atoms with Crippen molar-refractivity contribution in [1.82, 2.24) is 14.9 Å². The molecule has 0 saturated carbocycles. The molecule has 3 heterocycles. The minimum atomic E-state index is -0.477. The Bertz CT molecular complexity index is 708. The lowest BCUT2D eigenvalue weighted by Gasteiger charge is -2.24. The van der Waals surface area contributed by atoms with Gasteiger partial charge in [0.15, 0.2) is 6.61 Å². The van der Waals surface area contributed by atoms with Gasteiger partial charge < -0.3 is 14.5 Å². The van der Waals surface area contributed by atoms with Gasteiger partial charge in [0.2, 0.25) is 5.95 Å². The fraction of sp³-hybridized carbons (Fsp3) is 0.412. The van der Waals surface area contributed by atoms with E-state index in [4.69, 9.17) is 4.74 Å². The van der Waals surface area contributed by atoms with Gasteiger partial charge in [0.05, 0.1) is 6.04 Å². The highest BCUT2D eigenvalue weighted by molar-refractivity contribution is 7.10. The molecule has 0 bridgehead atoms. The zero-order chi connectivity index (χ0) is 17.6. The third kappa shape index (κ3) is 4.33. The van der Waals surface area contributed by atoms with Gasteiger partial charge in [0.25, 0.3) is 5.91 Å². The second-order valence-electron chi connectivity index (χ2n) is 5.83. The van der Waals surface area contributed by atoms with E-state index in [0.29, 0.717) is 12.5 Å². The molecule has 25 heavy (non-hydrogen) atoms. The Morgan fingerprint density at radius 1 is 1.36 bits per heavy atom. The first-order chi connectivity index (χ1) is 12.1. The van der Waals surface area contributed by atoms with Gasteiger partial charge in [-0.15, -0.1) is 11.3 Å². The van der Waals surface area contributed by atoms with Crippen molar-refractivity contribution in [2.45, 2.75) is 18.9 Å². The molecule has 2 aromatic heterocycles. The van der Waals surface area contributed by atoms with E-state index >= 15 is 0 Å². The fourth-order valence-electron chi connectivity index (χ4n) is 2.87. The van der Waals surface area contributed by atoms with Crippen LogP contribution < -0.4 is 4.90 Å². The van der Waals surface area contributed by atoms with Crippen molar-refractivity contribution in [1.29, 1.82) is 0 Å². The molecule has 3 rings (SSSR count). The number of esters is 1. The van der Waals surface area contributed by atoms with Crippen LogP contribution in [0, 0.1) is 0 Å². The Morgan fingerprint density at radius 3 is 2.88 bits per heavy atom. The highest BCUT2D eigenvalue weighted by Gasteiger charge is 2.31. The van der Waals surface area contributed by atoms with Crippen LogP contribution >= 0.6 is 11.3 Å². The standard InChI is InChI=1S/C17H20N4O3S/c1-20(17-18-7-4-8-19-17)11-16(23)24-12-15(22)21-9-2-5-13(21)14-6-3-10-25-14/h3-4,6-8,10,13H,2,5,9,11-12H2,1H3. The zero-order valence-corrected chi connectivity index (χ0v) is 14.8. The SMILES string of the molecule is CN(CC(=O)OCC(=O)N1CCCC1c1cccs1)c1ncccn1. The summed E-state index contributed by atoms with van der Waals surface area (Å²) in [6.45, 7) is 0.465. The molecule has 0 radical (unpaired) electrons. The number of carbonyl (C=O) groups is 2. The molecular weight excluding hydrogens is 340 g/mol. The van der Waals surface area contributed by atoms with Crippen molar-refractivity contribution >= 4 is 29.2 Å². The lowest BCUT2D eigenvalue weighted by atomic mass is 10.2. The molecule has 1 amide bonds. The maximum Gasteiger partial charge on any atom is 0.326 e. The maximum absolute atomic E-state index is 12.4. The molecule has 1 aliphatic heterocycles. The van der Waals surface area contributed by atoms with Crippen molar-refractivity contribution in [3.63, 3.8) is 0 Å². The number of likely N-dealkylation sites (N-methyl/N-ethyl adjacent to an activating group) is 1. The number of anilines is 1. The Hall–Kier alpha value is -2.48. The lowest BCUT2D eigenvalue weighted by molar-refractivity contribution is -0.151. The Kier molecular flexibility index (Phi) is 5.60. The van der Waals surface area contributed by atoms with Crippen LogP contribution in [-0.2, 0) is 14.3 Å². The minimum Gasteiger partial charge on any atom is -0.454 e. The largest absolute Gasteiger partial charge is 0.454 e. The van der Waals surface area contributed by atoms with Crippen LogP contribution in [0.2, 0.25) is 0 Å². The van der Waals surface area contributed by atoms with Gasteiger partial charge in [-0.1, -0.05) is 6.07 Å². The number of rotatable bonds is 6. The predicted octanol–water partition coefficient (Wildman–Crippen LogP) is 1.88. The first-order valence-electron chi connectivity index (χ1n) is 8.12. The van der Waals surface area contributed by atoms with Crippen LogP contribution in [0.5, 0.6) is 0 Å². The van der Waals surface area contributed by atoms with Gasteiger partial charge in [-0.25, -0.2) is 9.97 Å². The molecule has 1 saturated heterocycles. The summed E-state index contributed by atoms with van der Waals surface area (Å²) >= 11 is 1.65. The summed E-state index contributed by atoms with van der Waals surface area (Å²) in [5.74, 6) is -0.193. The van der Waals surface area contributed by atoms with E-state index in [-0.39, 0.29) is 25.1 Å². The molecule has 132 valence electrons. The Morgan fingerprint density at radius 2 is 2.16 bits per heavy atom. The van der Waals surface area contributed by atoms with Crippen LogP contribution in [-0.4, -0.2) is 53.5 Å². The van der Waals surface area contributed by atoms with Crippen LogP contribution in [0.4, 0.5) is 5.95 Å². The molecule has 7 nitrogen and oxygen atoms in total.